The van der Waals surface area contributed by atoms with Crippen molar-refractivity contribution in [2.75, 3.05) is 6.54 Å². The van der Waals surface area contributed by atoms with Gasteiger partial charge < -0.3 is 10.0 Å². The Morgan fingerprint density at radius 1 is 1.22 bits per heavy atom. The summed E-state index contributed by atoms with van der Waals surface area (Å²) in [7, 11) is 0. The van der Waals surface area contributed by atoms with Crippen molar-refractivity contribution in [2.45, 2.75) is 32.4 Å². The molecule has 0 aliphatic carbocycles. The number of aliphatic carboxylic acids is 1. The minimum atomic E-state index is -1.02. The van der Waals surface area contributed by atoms with E-state index in [1.54, 1.807) is 6.20 Å². The van der Waals surface area contributed by atoms with Gasteiger partial charge in [-0.3, -0.25) is 14.3 Å². The first kappa shape index (κ1) is 15.3. The fourth-order valence-corrected chi connectivity index (χ4v) is 2.94. The molecule has 0 radical (unpaired) electrons. The number of carbonyl (C=O) groups excluding carboxylic acids is 1. The van der Waals surface area contributed by atoms with Crippen LogP contribution in [0.15, 0.2) is 36.5 Å². The average Bonchev–Trinajstić information content (AvgIpc) is 2.98. The van der Waals surface area contributed by atoms with E-state index < -0.39 is 5.97 Å². The van der Waals surface area contributed by atoms with E-state index in [0.717, 1.165) is 37.1 Å². The lowest BCUT2D eigenvalue weighted by Gasteiger charge is -2.22. The standard InChI is InChI=1S/C17H19N3O3/c21-16(22)12-19(11-13-6-2-1-3-7-13)17(23)14-10-18-20-9-5-4-8-15(14)20/h1-3,6-7,10H,4-5,8-9,11-12H2,(H,21,22). The van der Waals surface area contributed by atoms with E-state index in [2.05, 4.69) is 5.10 Å². The number of hydrogen-bond acceptors (Lipinski definition) is 3. The second-order valence-corrected chi connectivity index (χ2v) is 5.73. The van der Waals surface area contributed by atoms with Gasteiger partial charge in [-0.2, -0.15) is 5.10 Å². The molecule has 2 aromatic rings. The molecule has 1 aromatic heterocycles. The Bertz CT molecular complexity index is 709. The van der Waals surface area contributed by atoms with Gasteiger partial charge in [0.25, 0.3) is 5.91 Å². The Hall–Kier alpha value is -2.63. The number of carboxylic acid groups (broad SMARTS) is 1. The molecule has 0 saturated carbocycles. The number of aryl methyl sites for hydroxylation is 1. The summed E-state index contributed by atoms with van der Waals surface area (Å²) in [5.74, 6) is -1.28. The highest BCUT2D eigenvalue weighted by Gasteiger charge is 2.25. The molecule has 0 bridgehead atoms. The van der Waals surface area contributed by atoms with Gasteiger partial charge in [0.15, 0.2) is 0 Å². The summed E-state index contributed by atoms with van der Waals surface area (Å²) in [5.41, 5.74) is 2.36. The van der Waals surface area contributed by atoms with Crippen molar-refractivity contribution in [3.63, 3.8) is 0 Å². The monoisotopic (exact) mass is 313 g/mol. The molecule has 0 spiro atoms. The number of hydrogen-bond donors (Lipinski definition) is 1. The molecule has 6 nitrogen and oxygen atoms in total. The average molecular weight is 313 g/mol. The van der Waals surface area contributed by atoms with Crippen molar-refractivity contribution in [2.24, 2.45) is 0 Å². The Morgan fingerprint density at radius 2 is 2.00 bits per heavy atom. The third-order valence-electron chi connectivity index (χ3n) is 4.04. The van der Waals surface area contributed by atoms with Crippen LogP contribution in [0.2, 0.25) is 0 Å². The molecule has 120 valence electrons. The molecular formula is C17H19N3O3. The lowest BCUT2D eigenvalue weighted by atomic mass is 10.1. The topological polar surface area (TPSA) is 75.4 Å². The van der Waals surface area contributed by atoms with Crippen LogP contribution in [-0.2, 0) is 24.3 Å². The molecule has 0 saturated heterocycles. The molecule has 6 heteroatoms. The SMILES string of the molecule is O=C(O)CN(Cc1ccccc1)C(=O)c1cnn2c1CCCC2. The summed E-state index contributed by atoms with van der Waals surface area (Å²) in [6, 6.07) is 9.41. The number of rotatable bonds is 5. The lowest BCUT2D eigenvalue weighted by Crippen LogP contribution is -2.35. The third-order valence-corrected chi connectivity index (χ3v) is 4.04. The minimum absolute atomic E-state index is 0.264. The van der Waals surface area contributed by atoms with E-state index in [1.165, 1.54) is 4.90 Å². The number of carboxylic acids is 1. The molecule has 1 amide bonds. The van der Waals surface area contributed by atoms with Gasteiger partial charge >= 0.3 is 5.97 Å². The molecule has 0 unspecified atom stereocenters. The predicted octanol–water partition coefficient (Wildman–Crippen LogP) is 1.95. The van der Waals surface area contributed by atoms with Crippen LogP contribution in [0.5, 0.6) is 0 Å². The summed E-state index contributed by atoms with van der Waals surface area (Å²) in [6.45, 7) is 0.773. The van der Waals surface area contributed by atoms with Crippen molar-refractivity contribution in [3.05, 3.63) is 53.3 Å². The predicted molar refractivity (Wildman–Crippen MR) is 84.0 cm³/mol. The minimum Gasteiger partial charge on any atom is -0.480 e. The van der Waals surface area contributed by atoms with Crippen molar-refractivity contribution in [1.82, 2.24) is 14.7 Å². The van der Waals surface area contributed by atoms with Crippen molar-refractivity contribution >= 4 is 11.9 Å². The van der Waals surface area contributed by atoms with Gasteiger partial charge in [-0.1, -0.05) is 30.3 Å². The molecule has 0 fully saturated rings. The van der Waals surface area contributed by atoms with E-state index in [-0.39, 0.29) is 19.0 Å². The van der Waals surface area contributed by atoms with Crippen LogP contribution in [0.25, 0.3) is 0 Å². The zero-order valence-electron chi connectivity index (χ0n) is 12.8. The van der Waals surface area contributed by atoms with Crippen LogP contribution in [0, 0.1) is 0 Å². The molecule has 3 rings (SSSR count). The maximum atomic E-state index is 12.8. The fourth-order valence-electron chi connectivity index (χ4n) is 2.94. The van der Waals surface area contributed by atoms with Crippen LogP contribution in [0.3, 0.4) is 0 Å². The first-order valence-electron chi connectivity index (χ1n) is 7.75. The number of benzene rings is 1. The zero-order valence-corrected chi connectivity index (χ0v) is 12.8. The van der Waals surface area contributed by atoms with Gasteiger partial charge in [-0.15, -0.1) is 0 Å². The highest BCUT2D eigenvalue weighted by molar-refractivity contribution is 5.96. The molecule has 1 aliphatic rings. The van der Waals surface area contributed by atoms with Crippen molar-refractivity contribution < 1.29 is 14.7 Å². The van der Waals surface area contributed by atoms with Crippen LogP contribution in [-0.4, -0.2) is 38.2 Å². The maximum Gasteiger partial charge on any atom is 0.323 e. The lowest BCUT2D eigenvalue weighted by molar-refractivity contribution is -0.137. The van der Waals surface area contributed by atoms with E-state index in [4.69, 9.17) is 5.11 Å². The molecule has 0 atom stereocenters. The summed E-state index contributed by atoms with van der Waals surface area (Å²) in [4.78, 5) is 25.3. The fraction of sp³-hybridized carbons (Fsp3) is 0.353. The van der Waals surface area contributed by atoms with Crippen molar-refractivity contribution in [3.8, 4) is 0 Å². The third kappa shape index (κ3) is 3.41. The summed E-state index contributed by atoms with van der Waals surface area (Å²) in [5, 5.41) is 13.4. The van der Waals surface area contributed by atoms with E-state index in [0.29, 0.717) is 5.56 Å². The Balaban J connectivity index is 1.85. The number of fused-ring (bicyclic) bond motifs is 1. The van der Waals surface area contributed by atoms with Gasteiger partial charge in [0.2, 0.25) is 0 Å². The second-order valence-electron chi connectivity index (χ2n) is 5.73. The van der Waals surface area contributed by atoms with E-state index in [1.807, 2.05) is 35.0 Å². The van der Waals surface area contributed by atoms with Gasteiger partial charge in [-0.05, 0) is 24.8 Å². The quantitative estimate of drug-likeness (QED) is 0.915. The van der Waals surface area contributed by atoms with Gasteiger partial charge in [0.1, 0.15) is 6.54 Å². The number of nitrogens with zero attached hydrogens (tertiary/aromatic N) is 3. The Morgan fingerprint density at radius 3 is 2.74 bits per heavy atom. The Labute approximate surface area is 134 Å². The first-order chi connectivity index (χ1) is 11.1. The van der Waals surface area contributed by atoms with Crippen LogP contribution in [0.1, 0.15) is 34.5 Å². The number of amides is 1. The summed E-state index contributed by atoms with van der Waals surface area (Å²) < 4.78 is 1.86. The summed E-state index contributed by atoms with van der Waals surface area (Å²) in [6.07, 6.45) is 4.48. The van der Waals surface area contributed by atoms with E-state index >= 15 is 0 Å². The molecule has 1 N–H and O–H groups in total. The highest BCUT2D eigenvalue weighted by atomic mass is 16.4. The molecule has 1 aromatic carbocycles. The normalized spacial score (nSPS) is 13.4. The van der Waals surface area contributed by atoms with E-state index in [9.17, 15) is 9.59 Å². The Kier molecular flexibility index (Phi) is 4.41. The second kappa shape index (κ2) is 6.64. The van der Waals surface area contributed by atoms with Crippen LogP contribution in [0.4, 0.5) is 0 Å². The smallest absolute Gasteiger partial charge is 0.323 e. The van der Waals surface area contributed by atoms with Gasteiger partial charge in [-0.25, -0.2) is 0 Å². The maximum absolute atomic E-state index is 12.8. The van der Waals surface area contributed by atoms with Gasteiger partial charge in [0.05, 0.1) is 17.5 Å². The summed E-state index contributed by atoms with van der Waals surface area (Å²) >= 11 is 0. The van der Waals surface area contributed by atoms with Crippen LogP contribution >= 0.6 is 0 Å². The molecule has 23 heavy (non-hydrogen) atoms. The number of carbonyl (C=O) groups is 2. The van der Waals surface area contributed by atoms with Crippen LogP contribution < -0.4 is 0 Å². The zero-order chi connectivity index (χ0) is 16.2. The largest absolute Gasteiger partial charge is 0.480 e. The van der Waals surface area contributed by atoms with Crippen molar-refractivity contribution in [1.29, 1.82) is 0 Å². The van der Waals surface area contributed by atoms with Gasteiger partial charge in [0, 0.05) is 13.1 Å². The molecule has 1 aliphatic heterocycles. The molecular weight excluding hydrogens is 294 g/mol. The molecule has 2 heterocycles. The first-order valence-corrected chi connectivity index (χ1v) is 7.75. The number of aromatic nitrogens is 2. The highest BCUT2D eigenvalue weighted by Crippen LogP contribution is 2.20.